The molecule has 304 valence electrons. The normalized spacial score (nSPS) is 22.3. The average molecular weight is 817 g/mol. The Bertz CT molecular complexity index is 2230. The van der Waals surface area contributed by atoms with Crippen LogP contribution in [0.2, 0.25) is 0 Å². The van der Waals surface area contributed by atoms with Crippen LogP contribution in [0, 0.1) is 5.92 Å². The number of Topliss-reactive ketones (excluding diaryl/α,β-unsaturated/α-hetero) is 1. The van der Waals surface area contributed by atoms with Crippen LogP contribution < -0.4 is 21.3 Å². The van der Waals surface area contributed by atoms with Crippen LogP contribution >= 0.6 is 11.3 Å². The highest BCUT2D eigenvalue weighted by Crippen LogP contribution is 2.22. The maximum atomic E-state index is 14.4. The van der Waals surface area contributed by atoms with Crippen LogP contribution in [0.5, 0.6) is 0 Å². The molecule has 7 N–H and O–H groups in total. The molecule has 7 rings (SSSR count). The highest BCUT2D eigenvalue weighted by Gasteiger charge is 2.36. The summed E-state index contributed by atoms with van der Waals surface area (Å²) in [7, 11) is 0. The number of aliphatic hydroxyl groups excluding tert-OH is 2. The lowest BCUT2D eigenvalue weighted by Gasteiger charge is -2.26. The van der Waals surface area contributed by atoms with Crippen molar-refractivity contribution in [1.82, 2.24) is 16.0 Å². The van der Waals surface area contributed by atoms with Gasteiger partial charge in [-0.15, -0.1) is 11.3 Å². The van der Waals surface area contributed by atoms with E-state index in [4.69, 9.17) is 0 Å². The van der Waals surface area contributed by atoms with E-state index in [0.29, 0.717) is 21.6 Å². The second kappa shape index (κ2) is 19.8. The number of thiophene rings is 1. The summed E-state index contributed by atoms with van der Waals surface area (Å²) in [6, 6.07) is 31.5. The van der Waals surface area contributed by atoms with Gasteiger partial charge in [0.25, 0.3) is 11.8 Å². The number of rotatable bonds is 8. The number of benzene rings is 4. The monoisotopic (exact) mass is 816 g/mol. The Morgan fingerprint density at radius 3 is 1.73 bits per heavy atom. The predicted octanol–water partition coefficient (Wildman–Crippen LogP) is 3.47. The second-order valence-electron chi connectivity index (χ2n) is 14.4. The zero-order chi connectivity index (χ0) is 41.9. The van der Waals surface area contributed by atoms with Crippen molar-refractivity contribution in [2.75, 3.05) is 5.32 Å². The maximum absolute atomic E-state index is 14.4. The van der Waals surface area contributed by atoms with Crippen molar-refractivity contribution in [1.29, 1.82) is 0 Å². The van der Waals surface area contributed by atoms with Crippen molar-refractivity contribution in [3.8, 4) is 11.1 Å². The Balaban J connectivity index is 1.37. The molecule has 2 aliphatic rings. The van der Waals surface area contributed by atoms with Gasteiger partial charge in [-0.3, -0.25) is 28.8 Å². The Labute approximate surface area is 344 Å². The van der Waals surface area contributed by atoms with E-state index < -0.39 is 78.1 Å². The Morgan fingerprint density at radius 2 is 1.10 bits per heavy atom. The molecule has 5 aromatic rings. The number of amides is 4. The van der Waals surface area contributed by atoms with Gasteiger partial charge in [0, 0.05) is 29.8 Å². The second-order valence-corrected chi connectivity index (χ2v) is 15.4. The summed E-state index contributed by atoms with van der Waals surface area (Å²) in [4.78, 5) is 82.2. The van der Waals surface area contributed by atoms with Gasteiger partial charge in [-0.25, -0.2) is 0 Å². The fraction of sp³-hybridized carbons (Fsp3) is 0.244. The number of aliphatic hydroxyl groups is 2. The molecule has 2 aliphatic heterocycles. The van der Waals surface area contributed by atoms with Crippen LogP contribution in [-0.4, -0.2) is 81.0 Å². The van der Waals surface area contributed by atoms with Gasteiger partial charge in [-0.2, -0.15) is 0 Å². The molecule has 59 heavy (non-hydrogen) atoms. The smallest absolute Gasteiger partial charge is 0.307 e. The number of aliphatic carboxylic acids is 1. The first-order valence-electron chi connectivity index (χ1n) is 19.1. The molecule has 3 heterocycles. The summed E-state index contributed by atoms with van der Waals surface area (Å²) in [5.41, 5.74) is 3.95. The number of carbonyl (C=O) groups is 6. The molecule has 13 nitrogen and oxygen atoms in total. The lowest BCUT2D eigenvalue weighted by Crippen LogP contribution is -2.58. The molecule has 0 saturated carbocycles. The largest absolute Gasteiger partial charge is 0.481 e. The van der Waals surface area contributed by atoms with Crippen LogP contribution in [-0.2, 0) is 54.5 Å². The van der Waals surface area contributed by atoms with Crippen LogP contribution in [0.25, 0.3) is 11.1 Å². The van der Waals surface area contributed by atoms with Crippen molar-refractivity contribution in [2.24, 2.45) is 5.92 Å². The van der Waals surface area contributed by atoms with E-state index in [0.717, 1.165) is 11.1 Å². The summed E-state index contributed by atoms with van der Waals surface area (Å²) in [6.45, 7) is 0. The maximum Gasteiger partial charge on any atom is 0.307 e. The number of anilines is 1. The number of hydrogen-bond acceptors (Lipinski definition) is 9. The number of ketones is 1. The number of fused-ring (bicyclic) bond motifs is 18. The van der Waals surface area contributed by atoms with Crippen LogP contribution in [0.3, 0.4) is 0 Å². The van der Waals surface area contributed by atoms with Gasteiger partial charge < -0.3 is 36.6 Å². The zero-order valence-corrected chi connectivity index (χ0v) is 32.6. The summed E-state index contributed by atoms with van der Waals surface area (Å²) in [6.07, 6.45) is -5.10. The van der Waals surface area contributed by atoms with Gasteiger partial charge in [0.1, 0.15) is 12.1 Å². The molecule has 6 atom stereocenters. The first-order valence-corrected chi connectivity index (χ1v) is 19.9. The third kappa shape index (κ3) is 11.6. The lowest BCUT2D eigenvalue weighted by atomic mass is 9.90. The fourth-order valence-corrected chi connectivity index (χ4v) is 7.54. The van der Waals surface area contributed by atoms with Gasteiger partial charge in [-0.05, 0) is 64.2 Å². The third-order valence-electron chi connectivity index (χ3n) is 10.1. The van der Waals surface area contributed by atoms with E-state index in [1.807, 2.05) is 54.6 Å². The molecule has 2 bridgehead atoms. The average Bonchev–Trinajstić information content (AvgIpc) is 3.76. The minimum atomic E-state index is -2.29. The van der Waals surface area contributed by atoms with Crippen molar-refractivity contribution in [2.45, 2.75) is 62.4 Å². The molecule has 0 spiro atoms. The summed E-state index contributed by atoms with van der Waals surface area (Å²) in [5.74, 6) is -6.82. The topological polar surface area (TPSA) is 211 Å². The number of carboxylic acid groups (broad SMARTS) is 1. The van der Waals surface area contributed by atoms with Crippen LogP contribution in [0.4, 0.5) is 5.69 Å². The molecule has 1 aromatic heterocycles. The number of carboxylic acids is 1. The van der Waals surface area contributed by atoms with E-state index in [9.17, 15) is 44.1 Å². The first-order chi connectivity index (χ1) is 28.4. The molecule has 0 aliphatic carbocycles. The van der Waals surface area contributed by atoms with E-state index in [1.54, 1.807) is 60.0 Å². The molecule has 14 heteroatoms. The van der Waals surface area contributed by atoms with E-state index in [-0.39, 0.29) is 31.4 Å². The third-order valence-corrected chi connectivity index (χ3v) is 11.0. The molecule has 4 amide bonds. The summed E-state index contributed by atoms with van der Waals surface area (Å²) in [5, 5.41) is 43.9. The molecule has 0 fully saturated rings. The zero-order valence-electron chi connectivity index (χ0n) is 31.8. The minimum absolute atomic E-state index is 0.0376. The quantitative estimate of drug-likeness (QED) is 0.114. The number of hydrogen-bond donors (Lipinski definition) is 7. The van der Waals surface area contributed by atoms with Gasteiger partial charge >= 0.3 is 5.97 Å². The van der Waals surface area contributed by atoms with Crippen molar-refractivity contribution >= 4 is 52.4 Å². The minimum Gasteiger partial charge on any atom is -0.481 e. The molecule has 0 unspecified atom stereocenters. The Hall–Kier alpha value is -6.48. The number of nitrogens with one attached hydrogen (secondary N) is 4. The van der Waals surface area contributed by atoms with E-state index in [2.05, 4.69) is 21.3 Å². The molecule has 4 aromatic carbocycles. The predicted molar refractivity (Wildman–Crippen MR) is 221 cm³/mol. The summed E-state index contributed by atoms with van der Waals surface area (Å²) < 4.78 is 0. The molecule has 0 saturated heterocycles. The summed E-state index contributed by atoms with van der Waals surface area (Å²) >= 11 is 1.30. The van der Waals surface area contributed by atoms with Crippen LogP contribution in [0.1, 0.15) is 28.0 Å². The van der Waals surface area contributed by atoms with Crippen molar-refractivity contribution in [3.05, 3.63) is 148 Å². The van der Waals surface area contributed by atoms with E-state index >= 15 is 0 Å². The van der Waals surface area contributed by atoms with Crippen LogP contribution in [0.15, 0.2) is 127 Å². The highest BCUT2D eigenvalue weighted by atomic mass is 32.1. The van der Waals surface area contributed by atoms with E-state index in [1.165, 1.54) is 23.5 Å². The molecular formula is C45H44N4O9S. The van der Waals surface area contributed by atoms with Gasteiger partial charge in [0.2, 0.25) is 11.8 Å². The van der Waals surface area contributed by atoms with Gasteiger partial charge in [-0.1, -0.05) is 103 Å². The van der Waals surface area contributed by atoms with Gasteiger partial charge in [0.15, 0.2) is 18.0 Å². The van der Waals surface area contributed by atoms with Gasteiger partial charge in [0.05, 0.1) is 12.0 Å². The number of carbonyl (C=O) groups excluding carboxylic acids is 5. The standard InChI is InChI=1S/C45H44N4O9S/c50-38-25-32(45(57)58)22-28-15-19-33(20-16-28)46-43(55)39(51)40(52)44(56)49-37(26-34-12-7-21-59-34)42(54)48-36(41(53)47-35(38)23-27-8-3-1-4-9-27)24-29-13-17-31(18-14-29)30-10-5-2-6-11-30/h1-21,32,35-37,39-40,51-52H,22-26H2,(H,46,55)(H,47,53)(H,48,54)(H,49,56)(H,57,58)/t32-,35+,36+,37+,39-,40-/m1/s1. The lowest BCUT2D eigenvalue weighted by molar-refractivity contribution is -0.145. The molecule has 0 radical (unpaired) electrons. The fourth-order valence-electron chi connectivity index (χ4n) is 6.79. The Morgan fingerprint density at radius 1 is 0.559 bits per heavy atom. The Kier molecular flexibility index (Phi) is 14.1. The van der Waals surface area contributed by atoms with Crippen molar-refractivity contribution in [3.63, 3.8) is 0 Å². The highest BCUT2D eigenvalue weighted by molar-refractivity contribution is 7.09. The van der Waals surface area contributed by atoms with Crippen molar-refractivity contribution < 1.29 is 44.1 Å². The SMILES string of the molecule is O=C(O)[C@H]1CC(=O)[C@H](Cc2ccccc2)NC(=O)[C@H](Cc2ccc(-c3ccccc3)cc2)NC(=O)[C@H](Cc2cccs2)NC(=O)[C@H](O)[C@@H](O)C(=O)Nc2ccc(cc2)C1. The first kappa shape index (κ1) is 42.1. The molecular weight excluding hydrogens is 773 g/mol.